The third-order valence-electron chi connectivity index (χ3n) is 2.38. The van der Waals surface area contributed by atoms with Gasteiger partial charge in [0.1, 0.15) is 4.84 Å². The molecular formula is C10H21Cl2O4P. The first-order valence-corrected chi connectivity index (χ1v) is 8.18. The SMILES string of the molecule is CCCCC(CC)COP(=O)(O)OCC(Cl)Cl. The summed E-state index contributed by atoms with van der Waals surface area (Å²) in [5, 5.41) is 0. The molecule has 0 heterocycles. The van der Waals surface area contributed by atoms with Crippen molar-refractivity contribution >= 4 is 31.0 Å². The summed E-state index contributed by atoms with van der Waals surface area (Å²) in [6.45, 7) is 4.14. The number of hydrogen-bond acceptors (Lipinski definition) is 3. The molecule has 0 saturated heterocycles. The van der Waals surface area contributed by atoms with Gasteiger partial charge < -0.3 is 4.89 Å². The van der Waals surface area contributed by atoms with E-state index in [0.29, 0.717) is 0 Å². The van der Waals surface area contributed by atoms with Gasteiger partial charge in [-0.2, -0.15) is 0 Å². The summed E-state index contributed by atoms with van der Waals surface area (Å²) in [6.07, 6.45) is 4.09. The molecule has 0 spiro atoms. The number of phosphoric ester groups is 1. The summed E-state index contributed by atoms with van der Waals surface area (Å²) in [5.74, 6) is 0.279. The van der Waals surface area contributed by atoms with Crippen LogP contribution < -0.4 is 0 Å². The van der Waals surface area contributed by atoms with Gasteiger partial charge >= 0.3 is 7.82 Å². The molecule has 0 aromatic heterocycles. The van der Waals surface area contributed by atoms with E-state index in [-0.39, 0.29) is 19.1 Å². The van der Waals surface area contributed by atoms with Crippen molar-refractivity contribution in [1.82, 2.24) is 0 Å². The Labute approximate surface area is 113 Å². The summed E-state index contributed by atoms with van der Waals surface area (Å²) in [7, 11) is -4.01. The molecule has 0 aromatic carbocycles. The van der Waals surface area contributed by atoms with Crippen molar-refractivity contribution in [1.29, 1.82) is 0 Å². The fourth-order valence-electron chi connectivity index (χ4n) is 1.29. The lowest BCUT2D eigenvalue weighted by Crippen LogP contribution is -2.10. The molecule has 4 nitrogen and oxygen atoms in total. The lowest BCUT2D eigenvalue weighted by Gasteiger charge is -2.17. The van der Waals surface area contributed by atoms with Gasteiger partial charge in [0.2, 0.25) is 0 Å². The predicted molar refractivity (Wildman–Crippen MR) is 70.5 cm³/mol. The average molecular weight is 307 g/mol. The van der Waals surface area contributed by atoms with Crippen LogP contribution in [0.15, 0.2) is 0 Å². The van der Waals surface area contributed by atoms with Crippen molar-refractivity contribution in [2.75, 3.05) is 13.2 Å². The van der Waals surface area contributed by atoms with Gasteiger partial charge in [-0.3, -0.25) is 9.05 Å². The van der Waals surface area contributed by atoms with Crippen molar-refractivity contribution in [3.05, 3.63) is 0 Å². The van der Waals surface area contributed by atoms with Gasteiger partial charge in [0, 0.05) is 0 Å². The molecule has 104 valence electrons. The van der Waals surface area contributed by atoms with Gasteiger partial charge in [-0.1, -0.05) is 33.1 Å². The van der Waals surface area contributed by atoms with E-state index < -0.39 is 12.7 Å². The maximum absolute atomic E-state index is 11.4. The molecule has 0 aliphatic carbocycles. The highest BCUT2D eigenvalue weighted by Gasteiger charge is 2.23. The van der Waals surface area contributed by atoms with Crippen molar-refractivity contribution in [2.24, 2.45) is 5.92 Å². The highest BCUT2D eigenvalue weighted by Crippen LogP contribution is 2.44. The molecule has 0 bridgehead atoms. The summed E-state index contributed by atoms with van der Waals surface area (Å²) in [6, 6.07) is 0. The van der Waals surface area contributed by atoms with Crippen LogP contribution >= 0.6 is 31.0 Å². The monoisotopic (exact) mass is 306 g/mol. The lowest BCUT2D eigenvalue weighted by atomic mass is 10.0. The fourth-order valence-corrected chi connectivity index (χ4v) is 2.40. The van der Waals surface area contributed by atoms with Gasteiger partial charge in [0.25, 0.3) is 0 Å². The second-order valence-electron chi connectivity index (χ2n) is 3.87. The van der Waals surface area contributed by atoms with Gasteiger partial charge in [-0.05, 0) is 12.3 Å². The third kappa shape index (κ3) is 10.3. The Morgan fingerprint density at radius 2 is 1.82 bits per heavy atom. The second-order valence-corrected chi connectivity index (χ2v) is 6.60. The standard InChI is InChI=1S/C10H21Cl2O4P/c1-3-5-6-9(4-2)7-15-17(13,14)16-8-10(11)12/h9-10H,3-8H2,1-2H3,(H,13,14). The lowest BCUT2D eigenvalue weighted by molar-refractivity contribution is 0.130. The minimum absolute atomic E-state index is 0.220. The van der Waals surface area contributed by atoms with E-state index >= 15 is 0 Å². The van der Waals surface area contributed by atoms with Gasteiger partial charge in [0.05, 0.1) is 13.2 Å². The van der Waals surface area contributed by atoms with Crippen LogP contribution in [0.25, 0.3) is 0 Å². The van der Waals surface area contributed by atoms with Crippen molar-refractivity contribution in [3.8, 4) is 0 Å². The molecule has 7 heteroatoms. The van der Waals surface area contributed by atoms with Gasteiger partial charge in [-0.25, -0.2) is 4.57 Å². The molecule has 0 aromatic rings. The fraction of sp³-hybridized carbons (Fsp3) is 1.00. The third-order valence-corrected chi connectivity index (χ3v) is 3.58. The summed E-state index contributed by atoms with van der Waals surface area (Å²) >= 11 is 10.8. The summed E-state index contributed by atoms with van der Waals surface area (Å²) in [5.41, 5.74) is 0. The van der Waals surface area contributed by atoms with E-state index in [1.165, 1.54) is 0 Å². The van der Waals surface area contributed by atoms with E-state index in [1.54, 1.807) is 0 Å². The number of hydrogen-bond donors (Lipinski definition) is 1. The Morgan fingerprint density at radius 3 is 2.29 bits per heavy atom. The smallest absolute Gasteiger partial charge is 0.302 e. The largest absolute Gasteiger partial charge is 0.472 e. The van der Waals surface area contributed by atoms with E-state index in [9.17, 15) is 9.46 Å². The van der Waals surface area contributed by atoms with Crippen molar-refractivity contribution in [3.63, 3.8) is 0 Å². The zero-order valence-corrected chi connectivity index (χ0v) is 12.7. The molecule has 2 atom stereocenters. The molecule has 0 aliphatic rings. The van der Waals surface area contributed by atoms with Crippen LogP contribution in [0.1, 0.15) is 39.5 Å². The molecule has 0 rings (SSSR count). The molecule has 17 heavy (non-hydrogen) atoms. The zero-order chi connectivity index (χ0) is 13.3. The maximum Gasteiger partial charge on any atom is 0.472 e. The van der Waals surface area contributed by atoms with Crippen LogP contribution in [-0.4, -0.2) is 22.9 Å². The Balaban J connectivity index is 3.92. The minimum atomic E-state index is -4.01. The van der Waals surface area contributed by atoms with Crippen LogP contribution in [0.4, 0.5) is 0 Å². The second kappa shape index (κ2) is 9.60. The van der Waals surface area contributed by atoms with Gasteiger partial charge in [0.15, 0.2) is 0 Å². The zero-order valence-electron chi connectivity index (χ0n) is 10.3. The van der Waals surface area contributed by atoms with E-state index in [0.717, 1.165) is 25.7 Å². The number of alkyl halides is 2. The van der Waals surface area contributed by atoms with Crippen LogP contribution in [0, 0.1) is 5.92 Å². The first kappa shape index (κ1) is 17.7. The Morgan fingerprint density at radius 1 is 1.24 bits per heavy atom. The predicted octanol–water partition coefficient (Wildman–Crippen LogP) is 4.14. The average Bonchev–Trinajstić information content (AvgIpc) is 2.27. The number of rotatable bonds is 10. The van der Waals surface area contributed by atoms with Crippen molar-refractivity contribution < 1.29 is 18.5 Å². The quantitative estimate of drug-likeness (QED) is 0.487. The summed E-state index contributed by atoms with van der Waals surface area (Å²) in [4.78, 5) is 8.49. The molecule has 0 radical (unpaired) electrons. The Bertz CT molecular complexity index is 238. The molecule has 0 amide bonds. The van der Waals surface area contributed by atoms with Crippen LogP contribution in [-0.2, 0) is 13.6 Å². The van der Waals surface area contributed by atoms with Crippen LogP contribution in [0.3, 0.4) is 0 Å². The normalized spacial score (nSPS) is 17.1. The highest BCUT2D eigenvalue weighted by atomic mass is 35.5. The molecule has 2 unspecified atom stereocenters. The topological polar surface area (TPSA) is 55.8 Å². The number of halogens is 2. The maximum atomic E-state index is 11.4. The highest BCUT2D eigenvalue weighted by molar-refractivity contribution is 7.47. The van der Waals surface area contributed by atoms with Gasteiger partial charge in [-0.15, -0.1) is 23.2 Å². The van der Waals surface area contributed by atoms with E-state index in [4.69, 9.17) is 27.7 Å². The Hall–Kier alpha value is 0.690. The Kier molecular flexibility index (Phi) is 9.99. The molecular weight excluding hydrogens is 286 g/mol. The first-order valence-electron chi connectivity index (χ1n) is 5.81. The van der Waals surface area contributed by atoms with Crippen molar-refractivity contribution in [2.45, 2.75) is 44.4 Å². The first-order chi connectivity index (χ1) is 7.91. The number of phosphoric acid groups is 1. The molecule has 0 fully saturated rings. The minimum Gasteiger partial charge on any atom is -0.302 e. The van der Waals surface area contributed by atoms with Crippen LogP contribution in [0.2, 0.25) is 0 Å². The van der Waals surface area contributed by atoms with E-state index in [2.05, 4.69) is 11.4 Å². The van der Waals surface area contributed by atoms with E-state index in [1.807, 2.05) is 6.92 Å². The molecule has 1 N–H and O–H groups in total. The molecule has 0 aliphatic heterocycles. The number of unbranched alkanes of at least 4 members (excludes halogenated alkanes) is 1. The molecule has 0 saturated carbocycles. The van der Waals surface area contributed by atoms with Crippen LogP contribution in [0.5, 0.6) is 0 Å². The summed E-state index contributed by atoms with van der Waals surface area (Å²) < 4.78 is 20.9.